The molecule has 0 fully saturated rings. The van der Waals surface area contributed by atoms with Gasteiger partial charge in [-0.2, -0.15) is 0 Å². The Morgan fingerprint density at radius 3 is 2.21 bits per heavy atom. The first kappa shape index (κ1) is 21.6. The third-order valence-electron chi connectivity index (χ3n) is 4.38. The van der Waals surface area contributed by atoms with Gasteiger partial charge in [0.2, 0.25) is 11.8 Å². The van der Waals surface area contributed by atoms with Gasteiger partial charge in [-0.3, -0.25) is 9.59 Å². The number of benzene rings is 2. The number of carbonyl (C=O) groups is 2. The molecule has 4 nitrogen and oxygen atoms in total. The molecule has 5 heteroatoms. The second-order valence-electron chi connectivity index (χ2n) is 7.94. The van der Waals surface area contributed by atoms with Gasteiger partial charge in [-0.25, -0.2) is 4.39 Å². The summed E-state index contributed by atoms with van der Waals surface area (Å²) in [7, 11) is 0. The van der Waals surface area contributed by atoms with Crippen LogP contribution in [0, 0.1) is 5.82 Å². The fraction of sp³-hybridized carbons (Fsp3) is 0.391. The minimum absolute atomic E-state index is 0.0845. The Hall–Kier alpha value is -2.69. The van der Waals surface area contributed by atoms with Gasteiger partial charge in [0.25, 0.3) is 0 Å². The van der Waals surface area contributed by atoms with Crippen LogP contribution in [-0.4, -0.2) is 28.3 Å². The second kappa shape index (κ2) is 9.49. The maximum absolute atomic E-state index is 14.1. The summed E-state index contributed by atoms with van der Waals surface area (Å²) < 4.78 is 14.1. The van der Waals surface area contributed by atoms with E-state index in [0.717, 1.165) is 5.56 Å². The first-order valence-electron chi connectivity index (χ1n) is 9.60. The third kappa shape index (κ3) is 6.19. The molecule has 0 aromatic heterocycles. The molecular formula is C23H29FN2O2. The van der Waals surface area contributed by atoms with Gasteiger partial charge in [-0.1, -0.05) is 55.5 Å². The van der Waals surface area contributed by atoms with Crippen LogP contribution in [-0.2, 0) is 22.6 Å². The molecule has 0 bridgehead atoms. The number of hydrogen-bond acceptors (Lipinski definition) is 2. The predicted octanol–water partition coefficient (Wildman–Crippen LogP) is 4.09. The fourth-order valence-electron chi connectivity index (χ4n) is 3.06. The van der Waals surface area contributed by atoms with Crippen molar-refractivity contribution in [1.29, 1.82) is 0 Å². The van der Waals surface area contributed by atoms with Crippen molar-refractivity contribution in [2.75, 3.05) is 0 Å². The molecule has 28 heavy (non-hydrogen) atoms. The van der Waals surface area contributed by atoms with Gasteiger partial charge in [-0.05, 0) is 44.4 Å². The van der Waals surface area contributed by atoms with Crippen LogP contribution in [0.5, 0.6) is 0 Å². The number of carbonyl (C=O) groups excluding carboxylic acids is 2. The molecule has 0 aliphatic rings. The lowest BCUT2D eigenvalue weighted by atomic mass is 10.0. The molecule has 2 aromatic carbocycles. The van der Waals surface area contributed by atoms with E-state index in [1.54, 1.807) is 23.1 Å². The zero-order valence-electron chi connectivity index (χ0n) is 17.0. The summed E-state index contributed by atoms with van der Waals surface area (Å²) in [5.41, 5.74) is 0.848. The van der Waals surface area contributed by atoms with Crippen molar-refractivity contribution >= 4 is 11.8 Å². The Kier molecular flexibility index (Phi) is 7.32. The summed E-state index contributed by atoms with van der Waals surface area (Å²) in [6.45, 7) is 7.88. The summed E-state index contributed by atoms with van der Waals surface area (Å²) in [6.07, 6.45) is 0.385. The van der Waals surface area contributed by atoms with Crippen LogP contribution in [0.3, 0.4) is 0 Å². The molecule has 1 N–H and O–H groups in total. The molecule has 150 valence electrons. The van der Waals surface area contributed by atoms with Crippen LogP contribution in [0.4, 0.5) is 4.39 Å². The molecule has 0 unspecified atom stereocenters. The molecule has 1 atom stereocenters. The zero-order chi connectivity index (χ0) is 20.7. The molecule has 0 radical (unpaired) electrons. The number of rotatable bonds is 7. The van der Waals surface area contributed by atoms with Crippen LogP contribution < -0.4 is 5.32 Å². The van der Waals surface area contributed by atoms with E-state index in [9.17, 15) is 14.0 Å². The minimum Gasteiger partial charge on any atom is -0.350 e. The van der Waals surface area contributed by atoms with Crippen LogP contribution >= 0.6 is 0 Å². The first-order valence-corrected chi connectivity index (χ1v) is 9.60. The largest absolute Gasteiger partial charge is 0.350 e. The Balaban J connectivity index is 2.30. The molecule has 0 spiro atoms. The van der Waals surface area contributed by atoms with E-state index in [1.165, 1.54) is 6.07 Å². The smallest absolute Gasteiger partial charge is 0.243 e. The van der Waals surface area contributed by atoms with Crippen LogP contribution in [0.2, 0.25) is 0 Å². The molecular weight excluding hydrogens is 355 g/mol. The zero-order valence-corrected chi connectivity index (χ0v) is 17.0. The predicted molar refractivity (Wildman–Crippen MR) is 109 cm³/mol. The Morgan fingerprint density at radius 1 is 1.04 bits per heavy atom. The van der Waals surface area contributed by atoms with Crippen molar-refractivity contribution in [3.8, 4) is 0 Å². The SMILES string of the molecule is CC[C@@H](C(=O)NC(C)(C)C)N(Cc1ccccc1)C(=O)Cc1ccccc1F. The molecule has 0 aliphatic carbocycles. The van der Waals surface area contributed by atoms with Crippen molar-refractivity contribution in [3.63, 3.8) is 0 Å². The number of hydrogen-bond donors (Lipinski definition) is 1. The van der Waals surface area contributed by atoms with E-state index in [-0.39, 0.29) is 18.2 Å². The molecule has 0 saturated heterocycles. The highest BCUT2D eigenvalue weighted by Gasteiger charge is 2.30. The van der Waals surface area contributed by atoms with E-state index in [4.69, 9.17) is 0 Å². The number of nitrogens with one attached hydrogen (secondary N) is 1. The Labute approximate surface area is 166 Å². The summed E-state index contributed by atoms with van der Waals surface area (Å²) in [5, 5.41) is 2.96. The molecule has 0 saturated carbocycles. The van der Waals surface area contributed by atoms with Gasteiger partial charge >= 0.3 is 0 Å². The molecule has 2 amide bonds. The Morgan fingerprint density at radius 2 is 1.64 bits per heavy atom. The Bertz CT molecular complexity index is 800. The minimum atomic E-state index is -0.626. The van der Waals surface area contributed by atoms with Gasteiger partial charge < -0.3 is 10.2 Å². The van der Waals surface area contributed by atoms with Crippen molar-refractivity contribution in [2.45, 2.75) is 58.7 Å². The van der Waals surface area contributed by atoms with Crippen molar-refractivity contribution in [2.24, 2.45) is 0 Å². The molecule has 2 rings (SSSR count). The monoisotopic (exact) mass is 384 g/mol. The summed E-state index contributed by atoms with van der Waals surface area (Å²) in [5.74, 6) is -0.889. The lowest BCUT2D eigenvalue weighted by molar-refractivity contribution is -0.141. The maximum Gasteiger partial charge on any atom is 0.243 e. The second-order valence-corrected chi connectivity index (χ2v) is 7.94. The van der Waals surface area contributed by atoms with Crippen molar-refractivity contribution in [1.82, 2.24) is 10.2 Å². The third-order valence-corrected chi connectivity index (χ3v) is 4.38. The summed E-state index contributed by atoms with van der Waals surface area (Å²) in [6, 6.07) is 15.1. The van der Waals surface area contributed by atoms with Crippen LogP contribution in [0.1, 0.15) is 45.2 Å². The number of amides is 2. The van der Waals surface area contributed by atoms with Gasteiger partial charge in [0, 0.05) is 12.1 Å². The topological polar surface area (TPSA) is 49.4 Å². The lowest BCUT2D eigenvalue weighted by Gasteiger charge is -2.33. The average Bonchev–Trinajstić information content (AvgIpc) is 2.62. The standard InChI is InChI=1S/C23H29FN2O2/c1-5-20(22(28)25-23(2,3)4)26(16-17-11-7-6-8-12-17)21(27)15-18-13-9-10-14-19(18)24/h6-14,20H,5,15-16H2,1-4H3,(H,25,28)/t20-/m0/s1. The summed E-state index contributed by atoms with van der Waals surface area (Å²) in [4.78, 5) is 27.5. The maximum atomic E-state index is 14.1. The van der Waals surface area contributed by atoms with E-state index >= 15 is 0 Å². The van der Waals surface area contributed by atoms with E-state index in [2.05, 4.69) is 5.32 Å². The lowest BCUT2D eigenvalue weighted by Crippen LogP contribution is -2.53. The summed E-state index contributed by atoms with van der Waals surface area (Å²) >= 11 is 0. The van der Waals surface area contributed by atoms with Gasteiger partial charge in [-0.15, -0.1) is 0 Å². The molecule has 0 aliphatic heterocycles. The molecule has 2 aromatic rings. The highest BCUT2D eigenvalue weighted by atomic mass is 19.1. The van der Waals surface area contributed by atoms with E-state index < -0.39 is 17.4 Å². The van der Waals surface area contributed by atoms with Gasteiger partial charge in [0.15, 0.2) is 0 Å². The van der Waals surface area contributed by atoms with Crippen LogP contribution in [0.25, 0.3) is 0 Å². The van der Waals surface area contributed by atoms with E-state index in [0.29, 0.717) is 18.5 Å². The van der Waals surface area contributed by atoms with Gasteiger partial charge in [0.1, 0.15) is 11.9 Å². The first-order chi connectivity index (χ1) is 13.2. The normalized spacial score (nSPS) is 12.3. The van der Waals surface area contributed by atoms with Crippen LogP contribution in [0.15, 0.2) is 54.6 Å². The quantitative estimate of drug-likeness (QED) is 0.782. The number of nitrogens with zero attached hydrogens (tertiary/aromatic N) is 1. The highest BCUT2D eigenvalue weighted by Crippen LogP contribution is 2.16. The van der Waals surface area contributed by atoms with E-state index in [1.807, 2.05) is 58.0 Å². The average molecular weight is 384 g/mol. The van der Waals surface area contributed by atoms with Gasteiger partial charge in [0.05, 0.1) is 6.42 Å². The fourth-order valence-corrected chi connectivity index (χ4v) is 3.06. The number of halogens is 1. The van der Waals surface area contributed by atoms with Crippen molar-refractivity contribution < 1.29 is 14.0 Å². The highest BCUT2D eigenvalue weighted by molar-refractivity contribution is 5.88. The van der Waals surface area contributed by atoms with Crippen molar-refractivity contribution in [3.05, 3.63) is 71.5 Å². The molecule has 0 heterocycles.